The van der Waals surface area contributed by atoms with Gasteiger partial charge in [-0.1, -0.05) is 31.5 Å². The molecule has 0 aliphatic carbocycles. The van der Waals surface area contributed by atoms with Crippen molar-refractivity contribution in [1.82, 2.24) is 16.0 Å². The second-order valence-electron chi connectivity index (χ2n) is 5.16. The fourth-order valence-corrected chi connectivity index (χ4v) is 1.60. The van der Waals surface area contributed by atoms with E-state index in [0.717, 1.165) is 5.56 Å². The Morgan fingerprint density at radius 2 is 1.80 bits per heavy atom. The summed E-state index contributed by atoms with van der Waals surface area (Å²) in [6, 6.07) is 7.19. The maximum Gasteiger partial charge on any atom is 0.314 e. The van der Waals surface area contributed by atoms with E-state index in [0.29, 0.717) is 31.1 Å². The van der Waals surface area contributed by atoms with Gasteiger partial charge < -0.3 is 16.0 Å². The van der Waals surface area contributed by atoms with Crippen molar-refractivity contribution in [3.8, 4) is 0 Å². The number of amides is 3. The minimum absolute atomic E-state index is 0.127. The van der Waals surface area contributed by atoms with Crippen molar-refractivity contribution in [3.63, 3.8) is 0 Å². The van der Waals surface area contributed by atoms with Crippen molar-refractivity contribution in [2.45, 2.75) is 20.8 Å². The molecular formula is C15H23N3O2. The van der Waals surface area contributed by atoms with Gasteiger partial charge in [0, 0.05) is 25.2 Å². The van der Waals surface area contributed by atoms with Gasteiger partial charge >= 0.3 is 6.03 Å². The number of aryl methyl sites for hydroxylation is 1. The number of benzene rings is 1. The largest absolute Gasteiger partial charge is 0.350 e. The summed E-state index contributed by atoms with van der Waals surface area (Å²) in [5, 5.41) is 8.20. The van der Waals surface area contributed by atoms with E-state index >= 15 is 0 Å². The maximum atomic E-state index is 11.8. The molecule has 20 heavy (non-hydrogen) atoms. The molecule has 3 N–H and O–H groups in total. The van der Waals surface area contributed by atoms with Crippen molar-refractivity contribution < 1.29 is 9.59 Å². The molecule has 1 aromatic rings. The minimum atomic E-state index is -0.205. The van der Waals surface area contributed by atoms with Crippen LogP contribution in [0.4, 0.5) is 4.79 Å². The summed E-state index contributed by atoms with van der Waals surface area (Å²) in [7, 11) is 0. The molecular weight excluding hydrogens is 254 g/mol. The van der Waals surface area contributed by atoms with Crippen LogP contribution in [0.1, 0.15) is 29.8 Å². The minimum Gasteiger partial charge on any atom is -0.350 e. The van der Waals surface area contributed by atoms with Crippen LogP contribution in [0, 0.1) is 12.8 Å². The Bertz CT molecular complexity index is 458. The molecule has 0 atom stereocenters. The van der Waals surface area contributed by atoms with Crippen LogP contribution < -0.4 is 16.0 Å². The number of hydrogen-bond donors (Lipinski definition) is 3. The van der Waals surface area contributed by atoms with E-state index in [1.807, 2.05) is 39.0 Å². The lowest BCUT2D eigenvalue weighted by Crippen LogP contribution is -2.41. The van der Waals surface area contributed by atoms with E-state index in [-0.39, 0.29) is 11.9 Å². The predicted octanol–water partition coefficient (Wildman–Crippen LogP) is 1.68. The maximum absolute atomic E-state index is 11.8. The molecule has 0 heterocycles. The van der Waals surface area contributed by atoms with Crippen LogP contribution in [-0.4, -0.2) is 31.6 Å². The second kappa shape index (κ2) is 8.19. The third kappa shape index (κ3) is 6.22. The first kappa shape index (κ1) is 16.0. The van der Waals surface area contributed by atoms with Crippen LogP contribution in [0.2, 0.25) is 0 Å². The topological polar surface area (TPSA) is 70.2 Å². The fraction of sp³-hybridized carbons (Fsp3) is 0.467. The molecule has 0 bridgehead atoms. The first-order chi connectivity index (χ1) is 9.49. The van der Waals surface area contributed by atoms with Gasteiger partial charge in [0.1, 0.15) is 0 Å². The molecule has 5 nitrogen and oxygen atoms in total. The zero-order valence-electron chi connectivity index (χ0n) is 12.3. The molecule has 0 spiro atoms. The molecule has 0 aromatic heterocycles. The van der Waals surface area contributed by atoms with E-state index in [1.165, 1.54) is 0 Å². The Balaban J connectivity index is 2.21. The standard InChI is InChI=1S/C15H23N3O2/c1-11(2)10-18-15(20)17-8-7-16-14(19)13-6-4-5-12(3)9-13/h4-6,9,11H,7-8,10H2,1-3H3,(H,16,19)(H2,17,18,20). The van der Waals surface area contributed by atoms with E-state index in [2.05, 4.69) is 16.0 Å². The summed E-state index contributed by atoms with van der Waals surface area (Å²) < 4.78 is 0. The lowest BCUT2D eigenvalue weighted by Gasteiger charge is -2.10. The first-order valence-corrected chi connectivity index (χ1v) is 6.85. The van der Waals surface area contributed by atoms with Crippen LogP contribution in [0.15, 0.2) is 24.3 Å². The summed E-state index contributed by atoms with van der Waals surface area (Å²) in [5.74, 6) is 0.292. The Kier molecular flexibility index (Phi) is 6.56. The molecule has 0 aliphatic heterocycles. The van der Waals surface area contributed by atoms with E-state index in [1.54, 1.807) is 6.07 Å². The van der Waals surface area contributed by atoms with E-state index in [9.17, 15) is 9.59 Å². The summed E-state index contributed by atoms with van der Waals surface area (Å²) >= 11 is 0. The number of urea groups is 1. The molecule has 1 rings (SSSR count). The van der Waals surface area contributed by atoms with Gasteiger partial charge in [0.15, 0.2) is 0 Å². The molecule has 0 radical (unpaired) electrons. The van der Waals surface area contributed by atoms with Crippen molar-refractivity contribution in [3.05, 3.63) is 35.4 Å². The van der Waals surface area contributed by atoms with Gasteiger partial charge in [0.2, 0.25) is 0 Å². The third-order valence-corrected chi connectivity index (χ3v) is 2.65. The van der Waals surface area contributed by atoms with Crippen LogP contribution in [-0.2, 0) is 0 Å². The van der Waals surface area contributed by atoms with Crippen LogP contribution in [0.3, 0.4) is 0 Å². The molecule has 3 amide bonds. The zero-order chi connectivity index (χ0) is 15.0. The van der Waals surface area contributed by atoms with Crippen LogP contribution in [0.5, 0.6) is 0 Å². The average molecular weight is 277 g/mol. The fourth-order valence-electron chi connectivity index (χ4n) is 1.60. The normalized spacial score (nSPS) is 10.2. The van der Waals surface area contributed by atoms with Crippen molar-refractivity contribution in [2.24, 2.45) is 5.92 Å². The SMILES string of the molecule is Cc1cccc(C(=O)NCCNC(=O)NCC(C)C)c1. The summed E-state index contributed by atoms with van der Waals surface area (Å²) in [6.45, 7) is 7.45. The Morgan fingerprint density at radius 1 is 1.10 bits per heavy atom. The molecule has 0 saturated carbocycles. The van der Waals surface area contributed by atoms with Crippen molar-refractivity contribution >= 4 is 11.9 Å². The Morgan fingerprint density at radius 3 is 2.45 bits per heavy atom. The number of hydrogen-bond acceptors (Lipinski definition) is 2. The summed E-state index contributed by atoms with van der Waals surface area (Å²) in [4.78, 5) is 23.2. The average Bonchev–Trinajstić information content (AvgIpc) is 2.41. The lowest BCUT2D eigenvalue weighted by atomic mass is 10.1. The first-order valence-electron chi connectivity index (χ1n) is 6.85. The molecule has 5 heteroatoms. The highest BCUT2D eigenvalue weighted by Gasteiger charge is 2.05. The lowest BCUT2D eigenvalue weighted by molar-refractivity contribution is 0.0953. The van der Waals surface area contributed by atoms with Gasteiger partial charge in [-0.2, -0.15) is 0 Å². The van der Waals surface area contributed by atoms with Gasteiger partial charge in [0.05, 0.1) is 0 Å². The van der Waals surface area contributed by atoms with Gasteiger partial charge in [-0.05, 0) is 25.0 Å². The van der Waals surface area contributed by atoms with Gasteiger partial charge in [0.25, 0.3) is 5.91 Å². The van der Waals surface area contributed by atoms with Gasteiger partial charge in [-0.15, -0.1) is 0 Å². The highest BCUT2D eigenvalue weighted by atomic mass is 16.2. The zero-order valence-corrected chi connectivity index (χ0v) is 12.3. The van der Waals surface area contributed by atoms with Gasteiger partial charge in [-0.3, -0.25) is 4.79 Å². The quantitative estimate of drug-likeness (QED) is 0.692. The second-order valence-corrected chi connectivity index (χ2v) is 5.16. The number of carbonyl (C=O) groups is 2. The molecule has 110 valence electrons. The smallest absolute Gasteiger partial charge is 0.314 e. The van der Waals surface area contributed by atoms with Crippen LogP contribution in [0.25, 0.3) is 0 Å². The van der Waals surface area contributed by atoms with Crippen LogP contribution >= 0.6 is 0 Å². The Hall–Kier alpha value is -2.04. The number of nitrogens with one attached hydrogen (secondary N) is 3. The van der Waals surface area contributed by atoms with Crippen molar-refractivity contribution in [2.75, 3.05) is 19.6 Å². The Labute approximate surface area is 120 Å². The number of rotatable bonds is 6. The summed E-state index contributed by atoms with van der Waals surface area (Å²) in [5.41, 5.74) is 1.68. The molecule has 0 aliphatic rings. The number of carbonyl (C=O) groups excluding carboxylic acids is 2. The highest BCUT2D eigenvalue weighted by Crippen LogP contribution is 2.03. The van der Waals surface area contributed by atoms with Gasteiger partial charge in [-0.25, -0.2) is 4.79 Å². The van der Waals surface area contributed by atoms with Crippen molar-refractivity contribution in [1.29, 1.82) is 0 Å². The highest BCUT2D eigenvalue weighted by molar-refractivity contribution is 5.94. The molecule has 1 aromatic carbocycles. The monoisotopic (exact) mass is 277 g/mol. The summed E-state index contributed by atoms with van der Waals surface area (Å²) in [6.07, 6.45) is 0. The molecule has 0 unspecified atom stereocenters. The van der Waals surface area contributed by atoms with E-state index in [4.69, 9.17) is 0 Å². The third-order valence-electron chi connectivity index (χ3n) is 2.65. The van der Waals surface area contributed by atoms with E-state index < -0.39 is 0 Å². The predicted molar refractivity (Wildman–Crippen MR) is 79.8 cm³/mol. The molecule has 0 saturated heterocycles. The molecule has 0 fully saturated rings.